The molecule has 2 aromatic carbocycles. The summed E-state index contributed by atoms with van der Waals surface area (Å²) in [4.78, 5) is 17.4. The van der Waals surface area contributed by atoms with Crippen molar-refractivity contribution in [1.82, 2.24) is 9.62 Å². The Morgan fingerprint density at radius 1 is 1.03 bits per heavy atom. The number of hydrogen-bond donors (Lipinski definition) is 1. The monoisotopic (exact) mass is 491 g/mol. The van der Waals surface area contributed by atoms with Crippen molar-refractivity contribution in [1.29, 1.82) is 0 Å². The highest BCUT2D eigenvalue weighted by Gasteiger charge is 2.31. The second-order valence-electron chi connectivity index (χ2n) is 7.91. The third-order valence-corrected chi connectivity index (χ3v) is 7.86. The molecule has 1 saturated heterocycles. The van der Waals surface area contributed by atoms with Gasteiger partial charge in [0.2, 0.25) is 15.9 Å². The minimum absolute atomic E-state index is 0.0580. The zero-order valence-electron chi connectivity index (χ0n) is 18.6. The first kappa shape index (κ1) is 23.7. The zero-order valence-corrected chi connectivity index (χ0v) is 20.2. The van der Waals surface area contributed by atoms with Gasteiger partial charge in [0.05, 0.1) is 4.90 Å². The number of nitrogens with zero attached hydrogens (tertiary/aromatic N) is 2. The van der Waals surface area contributed by atoms with Crippen LogP contribution in [0.1, 0.15) is 6.42 Å². The van der Waals surface area contributed by atoms with E-state index in [4.69, 9.17) is 9.47 Å². The van der Waals surface area contributed by atoms with Gasteiger partial charge in [-0.05, 0) is 42.7 Å². The van der Waals surface area contributed by atoms with E-state index in [1.54, 1.807) is 22.7 Å². The number of hydrogen-bond acceptors (Lipinski definition) is 7. The zero-order chi connectivity index (χ0) is 23.3. The molecular formula is C23H29N3O5S2. The number of carbonyl (C=O) groups excluding carboxylic acids is 1. The molecular weight excluding hydrogens is 462 g/mol. The number of carbonyl (C=O) groups is 1. The molecule has 0 bridgehead atoms. The average molecular weight is 492 g/mol. The molecule has 1 fully saturated rings. The number of anilines is 1. The molecule has 2 aliphatic rings. The number of ether oxygens (including phenoxy) is 2. The molecule has 10 heteroatoms. The first-order valence-electron chi connectivity index (χ1n) is 11.0. The van der Waals surface area contributed by atoms with Gasteiger partial charge in [0, 0.05) is 37.9 Å². The molecule has 1 N–H and O–H groups in total. The predicted octanol–water partition coefficient (Wildman–Crippen LogP) is 2.21. The lowest BCUT2D eigenvalue weighted by Crippen LogP contribution is -2.55. The maximum atomic E-state index is 13.3. The Morgan fingerprint density at radius 3 is 2.42 bits per heavy atom. The molecule has 4 rings (SSSR count). The van der Waals surface area contributed by atoms with Gasteiger partial charge in [-0.25, -0.2) is 8.42 Å². The number of rotatable bonds is 8. The van der Waals surface area contributed by atoms with Crippen molar-refractivity contribution in [3.05, 3.63) is 48.5 Å². The van der Waals surface area contributed by atoms with E-state index in [0.717, 1.165) is 5.69 Å². The van der Waals surface area contributed by atoms with Gasteiger partial charge >= 0.3 is 0 Å². The number of sulfonamides is 1. The highest BCUT2D eigenvalue weighted by atomic mass is 32.2. The molecule has 33 heavy (non-hydrogen) atoms. The topological polar surface area (TPSA) is 88.2 Å². The fourth-order valence-electron chi connectivity index (χ4n) is 3.96. The Kier molecular flexibility index (Phi) is 7.67. The van der Waals surface area contributed by atoms with E-state index in [1.165, 1.54) is 12.1 Å². The quantitative estimate of drug-likeness (QED) is 0.606. The number of para-hydroxylation sites is 1. The van der Waals surface area contributed by atoms with Gasteiger partial charge in [-0.2, -0.15) is 16.5 Å². The molecule has 1 amide bonds. The smallest absolute Gasteiger partial charge is 0.241 e. The largest absolute Gasteiger partial charge is 0.486 e. The van der Waals surface area contributed by atoms with Crippen molar-refractivity contribution in [2.45, 2.75) is 17.4 Å². The van der Waals surface area contributed by atoms with E-state index >= 15 is 0 Å². The number of thioether (sulfide) groups is 1. The lowest BCUT2D eigenvalue weighted by atomic mass is 10.2. The normalized spacial score (nSPS) is 17.0. The minimum atomic E-state index is -3.91. The molecule has 1 atom stereocenters. The molecule has 178 valence electrons. The van der Waals surface area contributed by atoms with Gasteiger partial charge in [-0.15, -0.1) is 0 Å². The van der Waals surface area contributed by atoms with Gasteiger partial charge in [0.1, 0.15) is 19.3 Å². The number of fused-ring (bicyclic) bond motifs is 1. The van der Waals surface area contributed by atoms with Gasteiger partial charge < -0.3 is 19.3 Å². The summed E-state index contributed by atoms with van der Waals surface area (Å²) in [5.41, 5.74) is 1.13. The van der Waals surface area contributed by atoms with Crippen LogP contribution in [0.3, 0.4) is 0 Å². The Labute approximate surface area is 199 Å². The summed E-state index contributed by atoms with van der Waals surface area (Å²) in [6, 6.07) is 13.8. The summed E-state index contributed by atoms with van der Waals surface area (Å²) < 4.78 is 39.9. The second kappa shape index (κ2) is 10.7. The molecule has 0 spiro atoms. The van der Waals surface area contributed by atoms with Crippen LogP contribution in [0.4, 0.5) is 5.69 Å². The summed E-state index contributed by atoms with van der Waals surface area (Å²) in [5.74, 6) is 1.40. The Balaban J connectivity index is 1.44. The van der Waals surface area contributed by atoms with E-state index in [9.17, 15) is 13.2 Å². The van der Waals surface area contributed by atoms with Gasteiger partial charge in [-0.3, -0.25) is 4.79 Å². The van der Waals surface area contributed by atoms with Crippen LogP contribution in [0.5, 0.6) is 11.5 Å². The highest BCUT2D eigenvalue weighted by Crippen LogP contribution is 2.32. The molecule has 8 nitrogen and oxygen atoms in total. The van der Waals surface area contributed by atoms with Crippen molar-refractivity contribution >= 4 is 33.4 Å². The Bertz CT molecular complexity index is 1060. The first-order valence-corrected chi connectivity index (χ1v) is 13.9. The second-order valence-corrected chi connectivity index (χ2v) is 10.6. The van der Waals surface area contributed by atoms with Crippen LogP contribution < -0.4 is 19.1 Å². The van der Waals surface area contributed by atoms with Crippen molar-refractivity contribution in [2.75, 3.05) is 56.3 Å². The fourth-order valence-corrected chi connectivity index (χ4v) is 5.67. The predicted molar refractivity (Wildman–Crippen MR) is 130 cm³/mol. The van der Waals surface area contributed by atoms with Crippen LogP contribution in [-0.2, 0) is 14.8 Å². The minimum Gasteiger partial charge on any atom is -0.486 e. The van der Waals surface area contributed by atoms with Gasteiger partial charge in [0.15, 0.2) is 11.5 Å². The maximum absolute atomic E-state index is 13.3. The summed E-state index contributed by atoms with van der Waals surface area (Å²) in [7, 11) is -3.91. The summed E-state index contributed by atoms with van der Waals surface area (Å²) in [5, 5.41) is 0. The lowest BCUT2D eigenvalue weighted by molar-refractivity contribution is -0.133. The van der Waals surface area contributed by atoms with Crippen LogP contribution in [-0.4, -0.2) is 76.7 Å². The van der Waals surface area contributed by atoms with Crippen LogP contribution >= 0.6 is 11.8 Å². The van der Waals surface area contributed by atoms with Gasteiger partial charge in [-0.1, -0.05) is 18.2 Å². The van der Waals surface area contributed by atoms with Crippen LogP contribution in [0, 0.1) is 0 Å². The Hall–Kier alpha value is -2.43. The third kappa shape index (κ3) is 5.74. The van der Waals surface area contributed by atoms with Crippen LogP contribution in [0.15, 0.2) is 53.4 Å². The number of piperazine rings is 1. The number of nitrogens with one attached hydrogen (secondary N) is 1. The fraction of sp³-hybridized carbons (Fsp3) is 0.435. The molecule has 0 saturated carbocycles. The van der Waals surface area contributed by atoms with Crippen molar-refractivity contribution in [3.63, 3.8) is 0 Å². The number of benzene rings is 2. The molecule has 0 radical (unpaired) electrons. The number of amides is 1. The summed E-state index contributed by atoms with van der Waals surface area (Å²) >= 11 is 1.58. The van der Waals surface area contributed by atoms with E-state index in [0.29, 0.717) is 63.1 Å². The van der Waals surface area contributed by atoms with Crippen LogP contribution in [0.2, 0.25) is 0 Å². The molecule has 0 aliphatic carbocycles. The molecule has 1 unspecified atom stereocenters. The van der Waals surface area contributed by atoms with Crippen molar-refractivity contribution in [3.8, 4) is 11.5 Å². The lowest BCUT2D eigenvalue weighted by Gasteiger charge is -2.37. The SMILES string of the molecule is CSCCC(NS(=O)(=O)c1ccc2c(c1)OCCO2)C(=O)N1CCN(c2ccccc2)CC1. The standard InChI is InChI=1S/C23H29N3O5S2/c1-32-16-9-20(23(27)26-12-10-25(11-13-26)18-5-3-2-4-6-18)24-33(28,29)19-7-8-21-22(17-19)31-15-14-30-21/h2-8,17,20,24H,9-16H2,1H3. The summed E-state index contributed by atoms with van der Waals surface area (Å²) in [6.45, 7) is 3.32. The average Bonchev–Trinajstić information content (AvgIpc) is 2.86. The van der Waals surface area contributed by atoms with Crippen molar-refractivity contribution in [2.24, 2.45) is 0 Å². The first-order chi connectivity index (χ1) is 16.0. The summed E-state index contributed by atoms with van der Waals surface area (Å²) in [6.07, 6.45) is 2.36. The van der Waals surface area contributed by atoms with E-state index in [2.05, 4.69) is 21.8 Å². The maximum Gasteiger partial charge on any atom is 0.241 e. The van der Waals surface area contributed by atoms with Crippen LogP contribution in [0.25, 0.3) is 0 Å². The van der Waals surface area contributed by atoms with E-state index in [1.807, 2.05) is 24.5 Å². The van der Waals surface area contributed by atoms with Gasteiger partial charge in [0.25, 0.3) is 0 Å². The van der Waals surface area contributed by atoms with E-state index in [-0.39, 0.29) is 10.8 Å². The Morgan fingerprint density at radius 2 is 1.73 bits per heavy atom. The van der Waals surface area contributed by atoms with E-state index < -0.39 is 16.1 Å². The molecule has 2 aromatic rings. The molecule has 2 heterocycles. The van der Waals surface area contributed by atoms with Crippen molar-refractivity contribution < 1.29 is 22.7 Å². The molecule has 2 aliphatic heterocycles. The third-order valence-electron chi connectivity index (χ3n) is 5.74. The molecule has 0 aromatic heterocycles. The highest BCUT2D eigenvalue weighted by molar-refractivity contribution is 7.98.